The number of nitrogens with one attached hydrogen (secondary N) is 5. The first-order chi connectivity index (χ1) is 28.5. The summed E-state index contributed by atoms with van der Waals surface area (Å²) in [6.45, 7) is 0.786. The average molecular weight is 816 g/mol. The van der Waals surface area contributed by atoms with Crippen LogP contribution < -0.4 is 26.6 Å². The Morgan fingerprint density at radius 3 is 1.97 bits per heavy atom. The highest BCUT2D eigenvalue weighted by molar-refractivity contribution is 7.09. The van der Waals surface area contributed by atoms with Crippen LogP contribution in [0.4, 0.5) is 5.69 Å². The topological polar surface area (TPSA) is 192 Å². The Morgan fingerprint density at radius 1 is 0.678 bits per heavy atom. The molecule has 0 spiro atoms. The van der Waals surface area contributed by atoms with Gasteiger partial charge in [0, 0.05) is 35.7 Å². The number of carboxylic acids is 1. The number of fused-ring (bicyclic) bond motifs is 19. The lowest BCUT2D eigenvalue weighted by Gasteiger charge is -2.29. The number of carboxylic acid groups (broad SMARTS) is 1. The zero-order valence-corrected chi connectivity index (χ0v) is 33.1. The van der Waals surface area contributed by atoms with Gasteiger partial charge >= 0.3 is 5.97 Å². The first-order valence-electron chi connectivity index (χ1n) is 19.1. The molecule has 2 aliphatic rings. The molecule has 0 radical (unpaired) electrons. The SMILES string of the molecule is CC(c1ccc(-c2ccccc2)cc1)C1NC(=O)C(Cc2cccs2)NC(=O)COCC(=O)Nc2ccc(cc2)CC(C(=O)O)NC(=O)C(Cc2ccccc2)NC1=O. The van der Waals surface area contributed by atoms with E-state index in [-0.39, 0.29) is 19.3 Å². The van der Waals surface area contributed by atoms with Crippen LogP contribution in [0.25, 0.3) is 11.1 Å². The van der Waals surface area contributed by atoms with Gasteiger partial charge in [0.1, 0.15) is 37.4 Å². The molecule has 0 aliphatic carbocycles. The summed E-state index contributed by atoms with van der Waals surface area (Å²) in [5.74, 6) is -5.26. The lowest BCUT2D eigenvalue weighted by Crippen LogP contribution is -2.59. The molecule has 4 aromatic carbocycles. The summed E-state index contributed by atoms with van der Waals surface area (Å²) >= 11 is 1.39. The minimum atomic E-state index is -1.37. The second-order valence-electron chi connectivity index (χ2n) is 14.3. The maximum atomic E-state index is 14.6. The van der Waals surface area contributed by atoms with Crippen molar-refractivity contribution in [3.63, 3.8) is 0 Å². The summed E-state index contributed by atoms with van der Waals surface area (Å²) in [6, 6.07) is 31.3. The van der Waals surface area contributed by atoms with Crippen LogP contribution in [0, 0.1) is 0 Å². The third kappa shape index (κ3) is 11.9. The zero-order chi connectivity index (χ0) is 41.7. The zero-order valence-electron chi connectivity index (χ0n) is 32.3. The van der Waals surface area contributed by atoms with Gasteiger partial charge in [0.2, 0.25) is 29.5 Å². The molecule has 0 saturated carbocycles. The van der Waals surface area contributed by atoms with Gasteiger partial charge in [0.25, 0.3) is 0 Å². The van der Waals surface area contributed by atoms with Gasteiger partial charge in [-0.15, -0.1) is 11.3 Å². The quantitative estimate of drug-likeness (QED) is 0.125. The van der Waals surface area contributed by atoms with E-state index in [2.05, 4.69) is 26.6 Å². The monoisotopic (exact) mass is 815 g/mol. The second-order valence-corrected chi connectivity index (χ2v) is 15.3. The number of hydrogen-bond donors (Lipinski definition) is 6. The smallest absolute Gasteiger partial charge is 0.326 e. The molecule has 5 amide bonds. The van der Waals surface area contributed by atoms with Crippen LogP contribution in [0.2, 0.25) is 0 Å². The maximum Gasteiger partial charge on any atom is 0.326 e. The summed E-state index contributed by atoms with van der Waals surface area (Å²) in [5.41, 5.74) is 4.30. The van der Waals surface area contributed by atoms with Gasteiger partial charge < -0.3 is 36.4 Å². The molecule has 14 heteroatoms. The number of thiophene rings is 1. The standard InChI is InChI=1S/C45H45N5O8S/c1-28(31-16-18-33(19-17-31)32-11-6-3-7-12-32)41-44(55)48-36(23-29-9-4-2-5-10-29)42(53)49-38(45(56)57)24-30-14-20-34(21-15-30)46-39(51)26-58-27-40(52)47-37(43(54)50-41)25-35-13-8-22-59-35/h2-22,28,36-38,41H,23-27H2,1H3,(H,46,51)(H,47,52)(H,48,55)(H,49,53)(H,50,54)(H,56,57). The van der Waals surface area contributed by atoms with E-state index in [4.69, 9.17) is 4.74 Å². The lowest BCUT2D eigenvalue weighted by atomic mass is 9.90. The highest BCUT2D eigenvalue weighted by atomic mass is 32.1. The van der Waals surface area contributed by atoms with E-state index < -0.39 is 78.8 Å². The molecule has 59 heavy (non-hydrogen) atoms. The molecule has 13 nitrogen and oxygen atoms in total. The molecule has 3 heterocycles. The summed E-state index contributed by atoms with van der Waals surface area (Å²) in [7, 11) is 0. The van der Waals surface area contributed by atoms with Gasteiger partial charge in [-0.3, -0.25) is 24.0 Å². The number of carbonyl (C=O) groups is 6. The average Bonchev–Trinajstić information content (AvgIpc) is 3.76. The van der Waals surface area contributed by atoms with Crippen molar-refractivity contribution < 1.29 is 38.6 Å². The first kappa shape index (κ1) is 42.0. The van der Waals surface area contributed by atoms with Gasteiger partial charge in [0.05, 0.1) is 0 Å². The van der Waals surface area contributed by atoms with E-state index in [1.165, 1.54) is 11.3 Å². The molecule has 5 unspecified atom stereocenters. The number of amides is 5. The molecule has 5 atom stereocenters. The molecule has 6 N–H and O–H groups in total. The van der Waals surface area contributed by atoms with Crippen molar-refractivity contribution in [3.8, 4) is 11.1 Å². The number of anilines is 1. The van der Waals surface area contributed by atoms with Crippen molar-refractivity contribution in [2.75, 3.05) is 18.5 Å². The number of aliphatic carboxylic acids is 1. The minimum Gasteiger partial charge on any atom is -0.480 e. The molecule has 5 aromatic rings. The van der Waals surface area contributed by atoms with Gasteiger partial charge in [-0.1, -0.05) is 110 Å². The van der Waals surface area contributed by atoms with Crippen LogP contribution in [-0.4, -0.2) is 78.0 Å². The van der Waals surface area contributed by atoms with Crippen LogP contribution >= 0.6 is 11.3 Å². The largest absolute Gasteiger partial charge is 0.480 e. The number of carbonyl (C=O) groups excluding carboxylic acids is 5. The summed E-state index contributed by atoms with van der Waals surface area (Å²) in [6.07, 6.45) is 0.00665. The van der Waals surface area contributed by atoms with Gasteiger partial charge in [-0.05, 0) is 51.4 Å². The lowest BCUT2D eigenvalue weighted by molar-refractivity contribution is -0.142. The van der Waals surface area contributed by atoms with Crippen LogP contribution in [0.15, 0.2) is 127 Å². The molecule has 2 bridgehead atoms. The normalized spacial score (nSPS) is 20.4. The van der Waals surface area contributed by atoms with Crippen LogP contribution in [-0.2, 0) is 52.8 Å². The summed E-state index contributed by atoms with van der Waals surface area (Å²) < 4.78 is 5.39. The van der Waals surface area contributed by atoms with E-state index in [9.17, 15) is 33.9 Å². The molecule has 1 aromatic heterocycles. The van der Waals surface area contributed by atoms with Crippen molar-refractivity contribution in [2.24, 2.45) is 0 Å². The third-order valence-corrected chi connectivity index (χ3v) is 10.8. The van der Waals surface area contributed by atoms with Crippen LogP contribution in [0.5, 0.6) is 0 Å². The summed E-state index contributed by atoms with van der Waals surface area (Å²) in [4.78, 5) is 82.1. The van der Waals surface area contributed by atoms with E-state index >= 15 is 0 Å². The predicted molar refractivity (Wildman–Crippen MR) is 223 cm³/mol. The fourth-order valence-electron chi connectivity index (χ4n) is 6.74. The Bertz CT molecular complexity index is 2220. The number of ether oxygens (including phenoxy) is 1. The Labute approximate surface area is 345 Å². The predicted octanol–water partition coefficient (Wildman–Crippen LogP) is 4.24. The van der Waals surface area contributed by atoms with Crippen molar-refractivity contribution in [1.82, 2.24) is 21.3 Å². The Morgan fingerprint density at radius 2 is 1.31 bits per heavy atom. The van der Waals surface area contributed by atoms with Crippen molar-refractivity contribution in [3.05, 3.63) is 148 Å². The Hall–Kier alpha value is -6.64. The molecule has 7 rings (SSSR count). The van der Waals surface area contributed by atoms with E-state index in [0.717, 1.165) is 16.0 Å². The first-order valence-corrected chi connectivity index (χ1v) is 20.0. The third-order valence-electron chi connectivity index (χ3n) is 9.93. The van der Waals surface area contributed by atoms with Crippen LogP contribution in [0.1, 0.15) is 34.4 Å². The van der Waals surface area contributed by atoms with Crippen molar-refractivity contribution in [1.29, 1.82) is 0 Å². The summed E-state index contributed by atoms with van der Waals surface area (Å²) in [5, 5.41) is 25.7. The van der Waals surface area contributed by atoms with Gasteiger partial charge in [0.15, 0.2) is 0 Å². The van der Waals surface area contributed by atoms with Gasteiger partial charge in [-0.2, -0.15) is 0 Å². The number of rotatable bonds is 8. The molecular weight excluding hydrogens is 771 g/mol. The van der Waals surface area contributed by atoms with E-state index in [1.54, 1.807) is 55.5 Å². The highest BCUT2D eigenvalue weighted by Crippen LogP contribution is 2.25. The Balaban J connectivity index is 1.36. The number of benzene rings is 4. The minimum absolute atomic E-state index is 0.0109. The molecule has 2 aliphatic heterocycles. The fraction of sp³-hybridized carbons (Fsp3) is 0.244. The van der Waals surface area contributed by atoms with Crippen molar-refractivity contribution >= 4 is 52.5 Å². The second kappa shape index (κ2) is 20.2. The van der Waals surface area contributed by atoms with Crippen LogP contribution in [0.3, 0.4) is 0 Å². The molecular formula is C45H45N5O8S. The molecule has 0 fully saturated rings. The maximum absolute atomic E-state index is 14.6. The van der Waals surface area contributed by atoms with E-state index in [0.29, 0.717) is 22.4 Å². The fourth-order valence-corrected chi connectivity index (χ4v) is 7.49. The van der Waals surface area contributed by atoms with Gasteiger partial charge in [-0.25, -0.2) is 4.79 Å². The number of hydrogen-bond acceptors (Lipinski definition) is 8. The highest BCUT2D eigenvalue weighted by Gasteiger charge is 2.35. The molecule has 304 valence electrons. The van der Waals surface area contributed by atoms with Crippen molar-refractivity contribution in [2.45, 2.75) is 56.3 Å². The molecule has 0 saturated heterocycles. The Kier molecular flexibility index (Phi) is 14.4. The van der Waals surface area contributed by atoms with E-state index in [1.807, 2.05) is 78.2 Å².